The van der Waals surface area contributed by atoms with Gasteiger partial charge in [-0.2, -0.15) is 5.10 Å². The highest BCUT2D eigenvalue weighted by Crippen LogP contribution is 2.29. The first-order valence-corrected chi connectivity index (χ1v) is 14.5. The van der Waals surface area contributed by atoms with E-state index in [0.29, 0.717) is 11.3 Å². The first kappa shape index (κ1) is 30.5. The predicted molar refractivity (Wildman–Crippen MR) is 162 cm³/mol. The monoisotopic (exact) mass is 626 g/mol. The Morgan fingerprint density at radius 2 is 1.60 bits per heavy atom. The second-order valence-electron chi connectivity index (χ2n) is 9.03. The third kappa shape index (κ3) is 8.06. The van der Waals surface area contributed by atoms with Crippen LogP contribution in [0.15, 0.2) is 101 Å². The molecule has 0 spiro atoms. The molecule has 0 aliphatic heterocycles. The average molecular weight is 628 g/mol. The fourth-order valence-electron chi connectivity index (χ4n) is 3.71. The molecule has 0 unspecified atom stereocenters. The van der Waals surface area contributed by atoms with Crippen molar-refractivity contribution in [2.45, 2.75) is 18.4 Å². The van der Waals surface area contributed by atoms with Crippen LogP contribution >= 0.6 is 23.2 Å². The van der Waals surface area contributed by atoms with Crippen molar-refractivity contribution in [3.05, 3.63) is 128 Å². The lowest BCUT2D eigenvalue weighted by Crippen LogP contribution is -2.39. The minimum atomic E-state index is -4.15. The summed E-state index contributed by atoms with van der Waals surface area (Å²) >= 11 is 12.2. The van der Waals surface area contributed by atoms with Gasteiger partial charge in [0.15, 0.2) is 0 Å². The van der Waals surface area contributed by atoms with Gasteiger partial charge in [0.25, 0.3) is 21.6 Å². The molecule has 42 heavy (non-hydrogen) atoms. The SMILES string of the molecule is Cc1ccc(S(=O)(=O)N(CC(=O)N/N=C\c2ccc(OCc3ccc([N+](=O)[O-])cc3)cc2)c2cc(Cl)cc(Cl)c2)cc1. The summed E-state index contributed by atoms with van der Waals surface area (Å²) in [5.74, 6) is -0.132. The number of rotatable bonds is 11. The van der Waals surface area contributed by atoms with Gasteiger partial charge in [-0.25, -0.2) is 13.8 Å². The number of carbonyl (C=O) groups excluding carboxylic acids is 1. The number of hydrogen-bond acceptors (Lipinski definition) is 7. The van der Waals surface area contributed by atoms with E-state index in [4.69, 9.17) is 27.9 Å². The summed E-state index contributed by atoms with van der Waals surface area (Å²) < 4.78 is 33.6. The summed E-state index contributed by atoms with van der Waals surface area (Å²) in [5, 5.41) is 15.1. The highest BCUT2D eigenvalue weighted by Gasteiger charge is 2.27. The van der Waals surface area contributed by atoms with Crippen molar-refractivity contribution in [2.24, 2.45) is 5.10 Å². The van der Waals surface area contributed by atoms with E-state index in [-0.39, 0.29) is 32.9 Å². The number of benzene rings is 4. The maximum atomic E-state index is 13.5. The molecule has 0 heterocycles. The fourth-order valence-corrected chi connectivity index (χ4v) is 5.63. The van der Waals surface area contributed by atoms with E-state index < -0.39 is 27.4 Å². The number of amides is 1. The van der Waals surface area contributed by atoms with Crippen LogP contribution in [0, 0.1) is 17.0 Å². The number of halogens is 2. The van der Waals surface area contributed by atoms with Gasteiger partial charge in [0.2, 0.25) is 0 Å². The normalized spacial score (nSPS) is 11.3. The molecule has 0 aromatic heterocycles. The van der Waals surface area contributed by atoms with Crippen LogP contribution in [-0.4, -0.2) is 32.0 Å². The zero-order chi connectivity index (χ0) is 30.3. The lowest BCUT2D eigenvalue weighted by Gasteiger charge is -2.24. The Morgan fingerprint density at radius 1 is 0.976 bits per heavy atom. The zero-order valence-corrected chi connectivity index (χ0v) is 24.4. The fraction of sp³-hybridized carbons (Fsp3) is 0.103. The van der Waals surface area contributed by atoms with Gasteiger partial charge in [0, 0.05) is 22.2 Å². The number of nitro groups is 1. The minimum absolute atomic E-state index is 0.00335. The number of ether oxygens (including phenoxy) is 1. The highest BCUT2D eigenvalue weighted by atomic mass is 35.5. The van der Waals surface area contributed by atoms with Crippen LogP contribution in [0.5, 0.6) is 5.75 Å². The molecule has 10 nitrogen and oxygen atoms in total. The molecule has 4 rings (SSSR count). The number of sulfonamides is 1. The molecule has 0 radical (unpaired) electrons. The summed E-state index contributed by atoms with van der Waals surface area (Å²) in [6, 6.07) is 23.4. The molecule has 0 bridgehead atoms. The molecule has 216 valence electrons. The lowest BCUT2D eigenvalue weighted by molar-refractivity contribution is -0.384. The van der Waals surface area contributed by atoms with Gasteiger partial charge < -0.3 is 4.74 Å². The van der Waals surface area contributed by atoms with Crippen molar-refractivity contribution in [3.8, 4) is 5.75 Å². The number of nitro benzene ring substituents is 1. The second-order valence-corrected chi connectivity index (χ2v) is 11.8. The Morgan fingerprint density at radius 3 is 2.19 bits per heavy atom. The molecule has 0 aliphatic rings. The third-order valence-electron chi connectivity index (χ3n) is 5.87. The van der Waals surface area contributed by atoms with Crippen LogP contribution in [0.25, 0.3) is 0 Å². The molecule has 0 fully saturated rings. The third-order valence-corrected chi connectivity index (χ3v) is 8.09. The number of anilines is 1. The van der Waals surface area contributed by atoms with E-state index in [1.807, 2.05) is 6.92 Å². The van der Waals surface area contributed by atoms with E-state index in [1.54, 1.807) is 48.5 Å². The maximum Gasteiger partial charge on any atom is 0.269 e. The van der Waals surface area contributed by atoms with Crippen molar-refractivity contribution in [1.82, 2.24) is 5.43 Å². The van der Waals surface area contributed by atoms with Gasteiger partial charge in [0.1, 0.15) is 18.9 Å². The first-order chi connectivity index (χ1) is 20.0. The molecule has 13 heteroatoms. The van der Waals surface area contributed by atoms with Crippen molar-refractivity contribution in [1.29, 1.82) is 0 Å². The molecule has 0 saturated carbocycles. The van der Waals surface area contributed by atoms with Crippen LogP contribution in [-0.2, 0) is 21.4 Å². The minimum Gasteiger partial charge on any atom is -0.489 e. The standard InChI is InChI=1S/C29H24Cl2N4O6S/c1-20-2-12-28(13-3-20)42(39,40)34(26-15-23(30)14-24(31)16-26)18-29(36)33-32-17-21-6-10-27(11-7-21)41-19-22-4-8-25(9-5-22)35(37)38/h2-17H,18-19H2,1H3,(H,33,36)/b32-17-. The molecule has 0 saturated heterocycles. The molecule has 0 atom stereocenters. The first-order valence-electron chi connectivity index (χ1n) is 12.3. The van der Waals surface area contributed by atoms with Crippen molar-refractivity contribution < 1.29 is 22.9 Å². The predicted octanol–water partition coefficient (Wildman–Crippen LogP) is 6.13. The highest BCUT2D eigenvalue weighted by molar-refractivity contribution is 7.92. The molecule has 4 aromatic carbocycles. The molecular weight excluding hydrogens is 603 g/mol. The van der Waals surface area contributed by atoms with Gasteiger partial charge in [-0.1, -0.05) is 40.9 Å². The summed E-state index contributed by atoms with van der Waals surface area (Å²) in [6.07, 6.45) is 1.40. The van der Waals surface area contributed by atoms with Gasteiger partial charge in [-0.05, 0) is 84.8 Å². The number of carbonyl (C=O) groups is 1. The van der Waals surface area contributed by atoms with Crippen LogP contribution in [0.3, 0.4) is 0 Å². The van der Waals surface area contributed by atoms with Crippen LogP contribution in [0.4, 0.5) is 11.4 Å². The van der Waals surface area contributed by atoms with Gasteiger partial charge >= 0.3 is 0 Å². The Balaban J connectivity index is 1.40. The van der Waals surface area contributed by atoms with E-state index in [9.17, 15) is 23.3 Å². The Hall–Kier alpha value is -4.45. The Labute approximate surface area is 252 Å². The van der Waals surface area contributed by atoms with Gasteiger partial charge in [0.05, 0.1) is 21.7 Å². The largest absolute Gasteiger partial charge is 0.489 e. The average Bonchev–Trinajstić information content (AvgIpc) is 2.95. The molecule has 4 aromatic rings. The number of aryl methyl sites for hydroxylation is 1. The Kier molecular flexibility index (Phi) is 9.79. The maximum absolute atomic E-state index is 13.5. The van der Waals surface area contributed by atoms with E-state index in [0.717, 1.165) is 15.4 Å². The molecular formula is C29H24Cl2N4O6S. The second kappa shape index (κ2) is 13.5. The van der Waals surface area contributed by atoms with Crippen LogP contribution < -0.4 is 14.5 Å². The zero-order valence-electron chi connectivity index (χ0n) is 22.1. The molecule has 1 N–H and O–H groups in total. The summed E-state index contributed by atoms with van der Waals surface area (Å²) in [5.41, 5.74) is 4.76. The van der Waals surface area contributed by atoms with Gasteiger partial charge in [-0.3, -0.25) is 19.2 Å². The van der Waals surface area contributed by atoms with E-state index in [1.165, 1.54) is 48.7 Å². The Bertz CT molecular complexity index is 1690. The van der Waals surface area contributed by atoms with Gasteiger partial charge in [-0.15, -0.1) is 0 Å². The summed E-state index contributed by atoms with van der Waals surface area (Å²) in [7, 11) is -4.15. The number of nitrogens with zero attached hydrogens (tertiary/aromatic N) is 3. The molecule has 0 aliphatic carbocycles. The topological polar surface area (TPSA) is 131 Å². The number of nitrogens with one attached hydrogen (secondary N) is 1. The number of hydrogen-bond donors (Lipinski definition) is 1. The number of non-ortho nitro benzene ring substituents is 1. The smallest absolute Gasteiger partial charge is 0.269 e. The summed E-state index contributed by atoms with van der Waals surface area (Å²) in [4.78, 5) is 23.1. The van der Waals surface area contributed by atoms with E-state index >= 15 is 0 Å². The lowest BCUT2D eigenvalue weighted by atomic mass is 10.2. The quantitative estimate of drug-likeness (QED) is 0.121. The van der Waals surface area contributed by atoms with Crippen molar-refractivity contribution in [2.75, 3.05) is 10.8 Å². The molecule has 1 amide bonds. The van der Waals surface area contributed by atoms with E-state index in [2.05, 4.69) is 10.5 Å². The van der Waals surface area contributed by atoms with Crippen molar-refractivity contribution >= 4 is 56.7 Å². The van der Waals surface area contributed by atoms with Crippen LogP contribution in [0.2, 0.25) is 10.0 Å². The van der Waals surface area contributed by atoms with Crippen LogP contribution in [0.1, 0.15) is 16.7 Å². The summed E-state index contributed by atoms with van der Waals surface area (Å²) in [6.45, 7) is 1.47. The van der Waals surface area contributed by atoms with Crippen molar-refractivity contribution in [3.63, 3.8) is 0 Å². The number of hydrazone groups is 1.